The van der Waals surface area contributed by atoms with E-state index in [0.29, 0.717) is 0 Å². The third-order valence-corrected chi connectivity index (χ3v) is 7.33. The quantitative estimate of drug-likeness (QED) is 0.681. The Morgan fingerprint density at radius 2 is 2.07 bits per heavy atom. The van der Waals surface area contributed by atoms with Gasteiger partial charge >= 0.3 is 0 Å². The van der Waals surface area contributed by atoms with E-state index in [4.69, 9.17) is 4.74 Å². The Morgan fingerprint density at radius 3 is 2.82 bits per heavy atom. The molecule has 7 nitrogen and oxygen atoms in total. The van der Waals surface area contributed by atoms with Crippen molar-refractivity contribution in [3.8, 4) is 0 Å². The zero-order chi connectivity index (χ0) is 19.3. The molecular formula is C20H34N5O2S+. The summed E-state index contributed by atoms with van der Waals surface area (Å²) in [6.45, 7) is 9.22. The average Bonchev–Trinajstić information content (AvgIpc) is 3.49. The van der Waals surface area contributed by atoms with E-state index in [1.807, 2.05) is 16.7 Å². The molecule has 3 aliphatic rings. The normalized spacial score (nSPS) is 26.2. The first-order valence-electron chi connectivity index (χ1n) is 11.1. The van der Waals surface area contributed by atoms with Crippen molar-refractivity contribution in [3.05, 3.63) is 5.82 Å². The van der Waals surface area contributed by atoms with Gasteiger partial charge in [-0.25, -0.2) is 0 Å². The van der Waals surface area contributed by atoms with Gasteiger partial charge in [0.15, 0.2) is 5.16 Å². The minimum Gasteiger partial charge on any atom is -0.368 e. The summed E-state index contributed by atoms with van der Waals surface area (Å²) in [6, 6.07) is 0. The summed E-state index contributed by atoms with van der Waals surface area (Å²) in [5, 5.41) is 10.1. The molecule has 0 bridgehead atoms. The molecule has 1 N–H and O–H groups in total. The predicted molar refractivity (Wildman–Crippen MR) is 109 cm³/mol. The molecule has 4 rings (SSSR count). The highest BCUT2D eigenvalue weighted by Gasteiger charge is 2.33. The second-order valence-corrected chi connectivity index (χ2v) is 9.33. The molecule has 3 fully saturated rings. The van der Waals surface area contributed by atoms with Crippen LogP contribution < -0.4 is 4.90 Å². The van der Waals surface area contributed by atoms with E-state index >= 15 is 0 Å². The van der Waals surface area contributed by atoms with E-state index in [1.165, 1.54) is 32.5 Å². The Labute approximate surface area is 172 Å². The molecule has 1 aromatic rings. The molecule has 3 saturated heterocycles. The molecule has 3 aliphatic heterocycles. The first-order valence-corrected chi connectivity index (χ1v) is 12.0. The number of hydrogen-bond donors (Lipinski definition) is 1. The largest absolute Gasteiger partial charge is 0.368 e. The van der Waals surface area contributed by atoms with Crippen LogP contribution in [0.2, 0.25) is 0 Å². The number of carbonyl (C=O) groups excluding carboxylic acids is 1. The van der Waals surface area contributed by atoms with Crippen LogP contribution in [-0.4, -0.2) is 76.8 Å². The number of hydrogen-bond acceptors (Lipinski definition) is 5. The molecule has 28 heavy (non-hydrogen) atoms. The van der Waals surface area contributed by atoms with Crippen LogP contribution in [0.5, 0.6) is 0 Å². The number of nitrogens with one attached hydrogen (secondary N) is 1. The fraction of sp³-hybridized carbons (Fsp3) is 0.850. The third-order valence-electron chi connectivity index (χ3n) is 6.36. The summed E-state index contributed by atoms with van der Waals surface area (Å²) in [4.78, 5) is 16.5. The fourth-order valence-corrected chi connectivity index (χ4v) is 5.83. The van der Waals surface area contributed by atoms with Gasteiger partial charge in [0.25, 0.3) is 5.91 Å². The van der Waals surface area contributed by atoms with E-state index in [0.717, 1.165) is 68.7 Å². The van der Waals surface area contributed by atoms with E-state index < -0.39 is 0 Å². The number of thioether (sulfide) groups is 1. The van der Waals surface area contributed by atoms with Crippen molar-refractivity contribution in [2.24, 2.45) is 0 Å². The summed E-state index contributed by atoms with van der Waals surface area (Å²) in [7, 11) is 0. The minimum atomic E-state index is -0.220. The van der Waals surface area contributed by atoms with Crippen molar-refractivity contribution >= 4 is 17.7 Å². The van der Waals surface area contributed by atoms with Crippen LogP contribution >= 0.6 is 11.8 Å². The van der Waals surface area contributed by atoms with Gasteiger partial charge in [0.05, 0.1) is 25.4 Å². The fourth-order valence-electron chi connectivity index (χ4n) is 4.78. The summed E-state index contributed by atoms with van der Waals surface area (Å²) < 4.78 is 7.89. The number of nitrogens with zero attached hydrogens (tertiary/aromatic N) is 4. The molecule has 156 valence electrons. The summed E-state index contributed by atoms with van der Waals surface area (Å²) in [5.74, 6) is 2.61. The molecule has 0 saturated carbocycles. The second kappa shape index (κ2) is 9.59. The van der Waals surface area contributed by atoms with E-state index in [1.54, 1.807) is 4.90 Å². The Hall–Kier alpha value is -1.12. The van der Waals surface area contributed by atoms with Crippen LogP contribution in [-0.2, 0) is 16.1 Å². The number of likely N-dealkylation sites (tertiary alicyclic amines) is 2. The van der Waals surface area contributed by atoms with Gasteiger partial charge in [-0.05, 0) is 32.6 Å². The van der Waals surface area contributed by atoms with Gasteiger partial charge < -0.3 is 19.1 Å². The highest BCUT2D eigenvalue weighted by molar-refractivity contribution is 7.99. The molecule has 0 radical (unpaired) electrons. The minimum absolute atomic E-state index is 0.174. The lowest BCUT2D eigenvalue weighted by atomic mass is 9.96. The molecule has 8 heteroatoms. The number of quaternary nitrogens is 1. The molecular weight excluding hydrogens is 374 g/mol. The Bertz CT molecular complexity index is 655. The van der Waals surface area contributed by atoms with E-state index in [-0.39, 0.29) is 17.9 Å². The van der Waals surface area contributed by atoms with Crippen molar-refractivity contribution in [1.29, 1.82) is 0 Å². The number of amides is 1. The van der Waals surface area contributed by atoms with Crippen LogP contribution in [0.3, 0.4) is 0 Å². The maximum absolute atomic E-state index is 12.8. The molecule has 0 aromatic carbocycles. The average molecular weight is 409 g/mol. The van der Waals surface area contributed by atoms with Crippen molar-refractivity contribution in [1.82, 2.24) is 19.7 Å². The predicted octanol–water partition coefficient (Wildman–Crippen LogP) is 0.954. The van der Waals surface area contributed by atoms with Gasteiger partial charge in [0.2, 0.25) is 0 Å². The number of ether oxygens (including phenoxy) is 1. The Morgan fingerprint density at radius 1 is 1.21 bits per heavy atom. The van der Waals surface area contributed by atoms with Gasteiger partial charge in [0.1, 0.15) is 11.9 Å². The maximum Gasteiger partial charge on any atom is 0.251 e. The van der Waals surface area contributed by atoms with Crippen LogP contribution in [0.1, 0.15) is 57.2 Å². The Balaban J connectivity index is 1.37. The molecule has 0 spiro atoms. The maximum atomic E-state index is 12.8. The number of rotatable bonds is 7. The number of piperidine rings is 1. The van der Waals surface area contributed by atoms with Crippen LogP contribution in [0, 0.1) is 0 Å². The third kappa shape index (κ3) is 4.54. The van der Waals surface area contributed by atoms with Crippen LogP contribution in [0.25, 0.3) is 0 Å². The van der Waals surface area contributed by atoms with Gasteiger partial charge in [-0.15, -0.1) is 10.2 Å². The lowest BCUT2D eigenvalue weighted by Gasteiger charge is -2.33. The van der Waals surface area contributed by atoms with Crippen LogP contribution in [0.4, 0.5) is 0 Å². The SMILES string of the molecule is CCn1c(SCC[NH+]2CCCC2)nnc1[C@@H]1CCCN(C(=O)[C@@H]2CCCO2)C1. The molecule has 1 aromatic heterocycles. The Kier molecular flexibility index (Phi) is 6.90. The summed E-state index contributed by atoms with van der Waals surface area (Å²) in [5.41, 5.74) is 0. The molecule has 0 aliphatic carbocycles. The first-order chi connectivity index (χ1) is 13.8. The highest BCUT2D eigenvalue weighted by atomic mass is 32.2. The molecule has 4 heterocycles. The second-order valence-electron chi connectivity index (χ2n) is 8.27. The van der Waals surface area contributed by atoms with Crippen molar-refractivity contribution in [2.75, 3.05) is 45.1 Å². The summed E-state index contributed by atoms with van der Waals surface area (Å²) in [6.07, 6.45) is 6.50. The van der Waals surface area contributed by atoms with Gasteiger partial charge in [-0.1, -0.05) is 11.8 Å². The lowest BCUT2D eigenvalue weighted by molar-refractivity contribution is -0.884. The first kappa shape index (κ1) is 20.2. The highest BCUT2D eigenvalue weighted by Crippen LogP contribution is 2.29. The van der Waals surface area contributed by atoms with Gasteiger partial charge in [-0.2, -0.15) is 0 Å². The molecule has 1 amide bonds. The van der Waals surface area contributed by atoms with E-state index in [9.17, 15) is 4.79 Å². The lowest BCUT2D eigenvalue weighted by Crippen LogP contribution is -3.10. The van der Waals surface area contributed by atoms with Gasteiger partial charge in [0, 0.05) is 45.0 Å². The zero-order valence-corrected chi connectivity index (χ0v) is 17.9. The van der Waals surface area contributed by atoms with E-state index in [2.05, 4.69) is 21.7 Å². The summed E-state index contributed by atoms with van der Waals surface area (Å²) >= 11 is 1.84. The smallest absolute Gasteiger partial charge is 0.251 e. The number of aromatic nitrogens is 3. The number of carbonyl (C=O) groups is 1. The van der Waals surface area contributed by atoms with Crippen molar-refractivity contribution in [3.63, 3.8) is 0 Å². The van der Waals surface area contributed by atoms with Crippen molar-refractivity contribution in [2.45, 2.75) is 69.2 Å². The van der Waals surface area contributed by atoms with Crippen molar-refractivity contribution < 1.29 is 14.4 Å². The topological polar surface area (TPSA) is 64.7 Å². The standard InChI is InChI=1S/C20H33N5O2S/c1-2-25-18(21-22-20(25)28-14-12-23-9-3-4-10-23)16-7-5-11-24(15-16)19(26)17-8-6-13-27-17/h16-17H,2-15H2,1H3/p+1/t16-,17+/m1/s1. The zero-order valence-electron chi connectivity index (χ0n) is 17.1. The van der Waals surface area contributed by atoms with Crippen LogP contribution in [0.15, 0.2) is 5.16 Å². The molecule has 0 unspecified atom stereocenters. The van der Waals surface area contributed by atoms with Gasteiger partial charge in [-0.3, -0.25) is 4.79 Å². The molecule has 2 atom stereocenters. The monoisotopic (exact) mass is 408 g/mol.